The third-order valence-electron chi connectivity index (χ3n) is 4.90. The molecule has 9 heteroatoms. The molecular formula is C18H28F3N3O2S. The standard InChI is InChI=1S/C18H28F3N3O2S/c1-14(2)17(24-9-7-23(3)8-10-24)12-22-27(25,26)13-15-5-4-6-16(11-15)18(19,20)21/h4-6,11,14,17,22H,7-10,12-13H2,1-3H3. The second kappa shape index (κ2) is 8.89. The molecule has 1 N–H and O–H groups in total. The van der Waals surface area contributed by atoms with Crippen molar-refractivity contribution in [3.05, 3.63) is 35.4 Å². The van der Waals surface area contributed by atoms with Crippen LogP contribution in [0.25, 0.3) is 0 Å². The van der Waals surface area contributed by atoms with Gasteiger partial charge in [0.1, 0.15) is 0 Å². The van der Waals surface area contributed by atoms with E-state index in [9.17, 15) is 21.6 Å². The molecule has 27 heavy (non-hydrogen) atoms. The van der Waals surface area contributed by atoms with E-state index >= 15 is 0 Å². The zero-order valence-electron chi connectivity index (χ0n) is 16.0. The fourth-order valence-corrected chi connectivity index (χ4v) is 4.41. The molecule has 0 aliphatic carbocycles. The van der Waals surface area contributed by atoms with Crippen LogP contribution < -0.4 is 4.72 Å². The smallest absolute Gasteiger partial charge is 0.304 e. The molecule has 0 saturated carbocycles. The van der Waals surface area contributed by atoms with Gasteiger partial charge in [-0.15, -0.1) is 0 Å². The third-order valence-corrected chi connectivity index (χ3v) is 6.22. The maximum absolute atomic E-state index is 12.8. The highest BCUT2D eigenvalue weighted by Gasteiger charge is 2.31. The number of nitrogens with one attached hydrogen (secondary N) is 1. The Morgan fingerprint density at radius 3 is 2.33 bits per heavy atom. The van der Waals surface area contributed by atoms with Crippen LogP contribution in [0.5, 0.6) is 0 Å². The van der Waals surface area contributed by atoms with E-state index in [-0.39, 0.29) is 24.1 Å². The summed E-state index contributed by atoms with van der Waals surface area (Å²) in [5.41, 5.74) is -0.717. The maximum atomic E-state index is 12.8. The van der Waals surface area contributed by atoms with Gasteiger partial charge in [0.05, 0.1) is 11.3 Å². The maximum Gasteiger partial charge on any atom is 0.416 e. The molecule has 1 fully saturated rings. The lowest BCUT2D eigenvalue weighted by atomic mass is 10.0. The van der Waals surface area contributed by atoms with Crippen molar-refractivity contribution >= 4 is 10.0 Å². The molecule has 0 spiro atoms. The summed E-state index contributed by atoms with van der Waals surface area (Å²) in [6.45, 7) is 7.95. The van der Waals surface area contributed by atoms with Gasteiger partial charge in [-0.3, -0.25) is 4.90 Å². The topological polar surface area (TPSA) is 52.7 Å². The minimum Gasteiger partial charge on any atom is -0.304 e. The third kappa shape index (κ3) is 6.74. The molecule has 154 valence electrons. The van der Waals surface area contributed by atoms with Crippen LogP contribution in [0.4, 0.5) is 13.2 Å². The summed E-state index contributed by atoms with van der Waals surface area (Å²) in [5, 5.41) is 0. The van der Waals surface area contributed by atoms with Crippen LogP contribution in [0, 0.1) is 5.92 Å². The van der Waals surface area contributed by atoms with Crippen molar-refractivity contribution in [2.75, 3.05) is 39.8 Å². The second-order valence-electron chi connectivity index (χ2n) is 7.46. The van der Waals surface area contributed by atoms with Crippen molar-refractivity contribution in [1.29, 1.82) is 0 Å². The van der Waals surface area contributed by atoms with Gasteiger partial charge in [-0.25, -0.2) is 13.1 Å². The van der Waals surface area contributed by atoms with Gasteiger partial charge < -0.3 is 4.90 Å². The summed E-state index contributed by atoms with van der Waals surface area (Å²) >= 11 is 0. The number of rotatable bonds is 7. The van der Waals surface area contributed by atoms with E-state index in [0.717, 1.165) is 38.3 Å². The predicted molar refractivity (Wildman–Crippen MR) is 99.8 cm³/mol. The number of piperazine rings is 1. The van der Waals surface area contributed by atoms with Crippen molar-refractivity contribution in [3.8, 4) is 0 Å². The zero-order chi connectivity index (χ0) is 20.2. The van der Waals surface area contributed by atoms with E-state index in [0.29, 0.717) is 0 Å². The van der Waals surface area contributed by atoms with Crippen LogP contribution in [0.15, 0.2) is 24.3 Å². The predicted octanol–water partition coefficient (Wildman–Crippen LogP) is 2.40. The summed E-state index contributed by atoms with van der Waals surface area (Å²) in [5.74, 6) is -0.213. The Morgan fingerprint density at radius 1 is 1.15 bits per heavy atom. The molecule has 1 heterocycles. The van der Waals surface area contributed by atoms with Gasteiger partial charge in [0.2, 0.25) is 10.0 Å². The lowest BCUT2D eigenvalue weighted by Gasteiger charge is -2.39. The lowest BCUT2D eigenvalue weighted by molar-refractivity contribution is -0.137. The molecule has 0 bridgehead atoms. The number of halogens is 3. The molecule has 1 atom stereocenters. The first-order chi connectivity index (χ1) is 12.5. The Balaban J connectivity index is 2.00. The average molecular weight is 408 g/mol. The number of hydrogen-bond acceptors (Lipinski definition) is 4. The molecule has 0 aromatic heterocycles. The van der Waals surface area contributed by atoms with Gasteiger partial charge in [-0.1, -0.05) is 32.0 Å². The van der Waals surface area contributed by atoms with E-state index < -0.39 is 27.5 Å². The normalized spacial score (nSPS) is 18.8. The van der Waals surface area contributed by atoms with Gasteiger partial charge in [-0.05, 0) is 24.6 Å². The molecule has 1 aromatic rings. The minimum atomic E-state index is -4.49. The summed E-state index contributed by atoms with van der Waals surface area (Å²) in [6, 6.07) is 4.50. The highest BCUT2D eigenvalue weighted by Crippen LogP contribution is 2.29. The quantitative estimate of drug-likeness (QED) is 0.754. The summed E-state index contributed by atoms with van der Waals surface area (Å²) in [4.78, 5) is 4.50. The molecule has 1 saturated heterocycles. The SMILES string of the molecule is CC(C)C(CNS(=O)(=O)Cc1cccc(C(F)(F)F)c1)N1CCN(C)CC1. The number of nitrogens with zero attached hydrogens (tertiary/aromatic N) is 2. The Bertz CT molecular complexity index is 715. The zero-order valence-corrected chi connectivity index (χ0v) is 16.8. The lowest BCUT2D eigenvalue weighted by Crippen LogP contribution is -2.54. The van der Waals surface area contributed by atoms with Crippen LogP contribution in [-0.2, 0) is 22.0 Å². The van der Waals surface area contributed by atoms with Gasteiger partial charge in [-0.2, -0.15) is 13.2 Å². The molecule has 1 aromatic carbocycles. The Labute approximate surface area is 159 Å². The largest absolute Gasteiger partial charge is 0.416 e. The van der Waals surface area contributed by atoms with E-state index in [1.54, 1.807) is 0 Å². The van der Waals surface area contributed by atoms with Gasteiger partial charge >= 0.3 is 6.18 Å². The van der Waals surface area contributed by atoms with Crippen molar-refractivity contribution in [1.82, 2.24) is 14.5 Å². The van der Waals surface area contributed by atoms with Gasteiger partial charge in [0.25, 0.3) is 0 Å². The molecular weight excluding hydrogens is 379 g/mol. The van der Waals surface area contributed by atoms with E-state index in [4.69, 9.17) is 0 Å². The Morgan fingerprint density at radius 2 is 1.78 bits per heavy atom. The number of benzene rings is 1. The van der Waals surface area contributed by atoms with Crippen molar-refractivity contribution in [3.63, 3.8) is 0 Å². The van der Waals surface area contributed by atoms with Crippen LogP contribution >= 0.6 is 0 Å². The summed E-state index contributed by atoms with van der Waals surface area (Å²) < 4.78 is 65.8. The fraction of sp³-hybridized carbons (Fsp3) is 0.667. The number of alkyl halides is 3. The van der Waals surface area contributed by atoms with Crippen LogP contribution in [0.1, 0.15) is 25.0 Å². The van der Waals surface area contributed by atoms with Gasteiger partial charge in [0.15, 0.2) is 0 Å². The number of sulfonamides is 1. The molecule has 5 nitrogen and oxygen atoms in total. The van der Waals surface area contributed by atoms with E-state index in [2.05, 4.69) is 21.6 Å². The number of hydrogen-bond donors (Lipinski definition) is 1. The van der Waals surface area contributed by atoms with E-state index in [1.807, 2.05) is 13.8 Å². The second-order valence-corrected chi connectivity index (χ2v) is 9.26. The van der Waals surface area contributed by atoms with Crippen molar-refractivity contribution < 1.29 is 21.6 Å². The molecule has 1 unspecified atom stereocenters. The molecule has 2 rings (SSSR count). The molecule has 0 amide bonds. The molecule has 1 aliphatic heterocycles. The van der Waals surface area contributed by atoms with Crippen LogP contribution in [-0.4, -0.2) is 64.0 Å². The van der Waals surface area contributed by atoms with Crippen LogP contribution in [0.2, 0.25) is 0 Å². The molecule has 0 radical (unpaired) electrons. The first-order valence-electron chi connectivity index (χ1n) is 9.04. The van der Waals surface area contributed by atoms with Crippen molar-refractivity contribution in [2.45, 2.75) is 31.8 Å². The fourth-order valence-electron chi connectivity index (χ4n) is 3.26. The number of likely N-dealkylation sites (N-methyl/N-ethyl adjacent to an activating group) is 1. The molecule has 1 aliphatic rings. The minimum absolute atomic E-state index is 0.0509. The first-order valence-corrected chi connectivity index (χ1v) is 10.7. The van der Waals surface area contributed by atoms with Gasteiger partial charge in [0, 0.05) is 38.8 Å². The van der Waals surface area contributed by atoms with Crippen LogP contribution in [0.3, 0.4) is 0 Å². The summed E-state index contributed by atoms with van der Waals surface area (Å²) in [6.07, 6.45) is -4.49. The first kappa shape index (κ1) is 22.1. The Kier molecular flexibility index (Phi) is 7.29. The Hall–Kier alpha value is -1.16. The summed E-state index contributed by atoms with van der Waals surface area (Å²) in [7, 11) is -1.67. The highest BCUT2D eigenvalue weighted by atomic mass is 32.2. The highest BCUT2D eigenvalue weighted by molar-refractivity contribution is 7.88. The van der Waals surface area contributed by atoms with Crippen molar-refractivity contribution in [2.24, 2.45) is 5.92 Å². The van der Waals surface area contributed by atoms with E-state index in [1.165, 1.54) is 12.1 Å². The monoisotopic (exact) mass is 407 g/mol. The average Bonchev–Trinajstić information content (AvgIpc) is 2.55.